The zero-order valence-electron chi connectivity index (χ0n) is 8.07. The van der Waals surface area contributed by atoms with Crippen molar-refractivity contribution in [2.45, 2.75) is 24.8 Å². The fraction of sp³-hybridized carbons (Fsp3) is 0.875. The number of halogens is 4. The number of hydrogen-bond donors (Lipinski definition) is 1. The summed E-state index contributed by atoms with van der Waals surface area (Å²) in [6, 6.07) is 0. The second-order valence-corrected chi connectivity index (χ2v) is 4.33. The lowest BCUT2D eigenvalue weighted by molar-refractivity contribution is -0.121. The molecule has 0 atom stereocenters. The Morgan fingerprint density at radius 2 is 2.00 bits per heavy atom. The van der Waals surface area contributed by atoms with E-state index < -0.39 is 5.51 Å². The summed E-state index contributed by atoms with van der Waals surface area (Å²) in [5, 5.41) is 2.41. The van der Waals surface area contributed by atoms with Crippen molar-refractivity contribution < 1.29 is 18.0 Å². The maximum absolute atomic E-state index is 11.7. The normalized spacial score (nSPS) is 11.5. The minimum atomic E-state index is -4.22. The topological polar surface area (TPSA) is 29.1 Å². The summed E-state index contributed by atoms with van der Waals surface area (Å²) in [7, 11) is 0. The van der Waals surface area contributed by atoms with E-state index >= 15 is 0 Å². The Bertz CT molecular complexity index is 189. The van der Waals surface area contributed by atoms with Gasteiger partial charge in [-0.1, -0.05) is 0 Å². The first-order valence-electron chi connectivity index (χ1n) is 4.49. The molecule has 1 N–H and O–H groups in total. The van der Waals surface area contributed by atoms with Crippen molar-refractivity contribution in [3.05, 3.63) is 0 Å². The summed E-state index contributed by atoms with van der Waals surface area (Å²) in [4.78, 5) is 11.0. The largest absolute Gasteiger partial charge is 0.441 e. The molecule has 7 heteroatoms. The van der Waals surface area contributed by atoms with E-state index in [9.17, 15) is 18.0 Å². The smallest absolute Gasteiger partial charge is 0.355 e. The SMILES string of the molecule is O=C(CCCCCl)NCCSC(F)(F)F. The molecule has 0 saturated carbocycles. The average molecular weight is 264 g/mol. The number of hydrogen-bond acceptors (Lipinski definition) is 2. The van der Waals surface area contributed by atoms with Gasteiger partial charge in [-0.3, -0.25) is 4.79 Å². The Labute approximate surface area is 95.9 Å². The third-order valence-corrected chi connectivity index (χ3v) is 2.48. The molecule has 0 aromatic heterocycles. The van der Waals surface area contributed by atoms with Gasteiger partial charge in [0.05, 0.1) is 0 Å². The molecule has 1 amide bonds. The molecule has 0 unspecified atom stereocenters. The summed E-state index contributed by atoms with van der Waals surface area (Å²) in [5.41, 5.74) is -4.22. The van der Waals surface area contributed by atoms with Gasteiger partial charge in [0.2, 0.25) is 5.91 Å². The highest BCUT2D eigenvalue weighted by Crippen LogP contribution is 2.29. The van der Waals surface area contributed by atoms with Crippen LogP contribution in [0.1, 0.15) is 19.3 Å². The number of unbranched alkanes of at least 4 members (excludes halogenated alkanes) is 1. The van der Waals surface area contributed by atoms with E-state index in [-0.39, 0.29) is 30.0 Å². The maximum Gasteiger partial charge on any atom is 0.441 e. The highest BCUT2D eigenvalue weighted by atomic mass is 35.5. The monoisotopic (exact) mass is 263 g/mol. The molecule has 0 rings (SSSR count). The van der Waals surface area contributed by atoms with Crippen molar-refractivity contribution in [2.24, 2.45) is 0 Å². The van der Waals surface area contributed by atoms with Crippen LogP contribution in [-0.4, -0.2) is 29.6 Å². The van der Waals surface area contributed by atoms with Crippen LogP contribution in [-0.2, 0) is 4.79 Å². The zero-order valence-corrected chi connectivity index (χ0v) is 9.64. The van der Waals surface area contributed by atoms with Crippen LogP contribution in [0, 0.1) is 0 Å². The molecule has 0 aromatic rings. The van der Waals surface area contributed by atoms with Crippen LogP contribution in [0.25, 0.3) is 0 Å². The molecule has 15 heavy (non-hydrogen) atoms. The molecular weight excluding hydrogens is 251 g/mol. The quantitative estimate of drug-likeness (QED) is 0.565. The molecule has 90 valence electrons. The Kier molecular flexibility index (Phi) is 8.04. The molecule has 0 heterocycles. The molecular formula is C8H13ClF3NOS. The summed E-state index contributed by atoms with van der Waals surface area (Å²) in [5.74, 6) is 0.130. The van der Waals surface area contributed by atoms with Crippen molar-refractivity contribution >= 4 is 29.3 Å². The number of thioether (sulfide) groups is 1. The molecule has 0 spiro atoms. The van der Waals surface area contributed by atoms with E-state index in [1.54, 1.807) is 0 Å². The highest BCUT2D eigenvalue weighted by molar-refractivity contribution is 8.00. The van der Waals surface area contributed by atoms with E-state index in [0.717, 1.165) is 6.42 Å². The first-order valence-corrected chi connectivity index (χ1v) is 6.01. The number of rotatable bonds is 7. The van der Waals surface area contributed by atoms with Crippen LogP contribution in [0.15, 0.2) is 0 Å². The number of amides is 1. The molecule has 0 aliphatic rings. The predicted octanol–water partition coefficient (Wildman–Crippen LogP) is 2.76. The molecule has 0 radical (unpaired) electrons. The fourth-order valence-corrected chi connectivity index (χ4v) is 1.45. The van der Waals surface area contributed by atoms with Gasteiger partial charge in [0.15, 0.2) is 0 Å². The van der Waals surface area contributed by atoms with Gasteiger partial charge in [0, 0.05) is 24.6 Å². The van der Waals surface area contributed by atoms with Crippen molar-refractivity contribution in [1.29, 1.82) is 0 Å². The standard InChI is InChI=1S/C8H13ClF3NOS/c9-4-2-1-3-7(14)13-5-6-15-8(10,11)12/h1-6H2,(H,13,14). The third kappa shape index (κ3) is 11.8. The zero-order chi connectivity index (χ0) is 11.7. The van der Waals surface area contributed by atoms with Crippen molar-refractivity contribution in [1.82, 2.24) is 5.32 Å². The Balaban J connectivity index is 3.32. The Hall–Kier alpha value is -0.100. The van der Waals surface area contributed by atoms with Gasteiger partial charge in [-0.15, -0.1) is 11.6 Å². The highest BCUT2D eigenvalue weighted by Gasteiger charge is 2.27. The summed E-state index contributed by atoms with van der Waals surface area (Å²) < 4.78 is 35.0. The molecule has 2 nitrogen and oxygen atoms in total. The average Bonchev–Trinajstić information content (AvgIpc) is 2.11. The van der Waals surface area contributed by atoms with Crippen LogP contribution in [0.4, 0.5) is 13.2 Å². The number of alkyl halides is 4. The van der Waals surface area contributed by atoms with E-state index in [1.165, 1.54) is 0 Å². The van der Waals surface area contributed by atoms with E-state index in [4.69, 9.17) is 11.6 Å². The van der Waals surface area contributed by atoms with Crippen molar-refractivity contribution in [3.63, 3.8) is 0 Å². The van der Waals surface area contributed by atoms with Gasteiger partial charge in [-0.05, 0) is 24.6 Å². The maximum atomic E-state index is 11.7. The molecule has 0 aliphatic carbocycles. The first-order chi connectivity index (χ1) is 6.95. The van der Waals surface area contributed by atoms with E-state index in [1.807, 2.05) is 0 Å². The van der Waals surface area contributed by atoms with E-state index in [2.05, 4.69) is 5.32 Å². The van der Waals surface area contributed by atoms with Gasteiger partial charge in [0.25, 0.3) is 0 Å². The second kappa shape index (κ2) is 8.10. The van der Waals surface area contributed by atoms with Crippen LogP contribution >= 0.6 is 23.4 Å². The van der Waals surface area contributed by atoms with Gasteiger partial charge in [-0.25, -0.2) is 0 Å². The number of carbonyl (C=O) groups is 1. The first kappa shape index (κ1) is 14.9. The van der Waals surface area contributed by atoms with Crippen LogP contribution in [0.5, 0.6) is 0 Å². The predicted molar refractivity (Wildman–Crippen MR) is 56.1 cm³/mol. The van der Waals surface area contributed by atoms with Gasteiger partial charge < -0.3 is 5.32 Å². The Morgan fingerprint density at radius 3 is 2.53 bits per heavy atom. The fourth-order valence-electron chi connectivity index (χ4n) is 0.826. The summed E-state index contributed by atoms with van der Waals surface area (Å²) >= 11 is 5.27. The summed E-state index contributed by atoms with van der Waals surface area (Å²) in [6.07, 6.45) is 1.73. The van der Waals surface area contributed by atoms with Gasteiger partial charge in [0.1, 0.15) is 0 Å². The minimum absolute atomic E-state index is 0.0455. The molecule has 0 fully saturated rings. The van der Waals surface area contributed by atoms with Crippen molar-refractivity contribution in [2.75, 3.05) is 18.2 Å². The molecule has 0 aromatic carbocycles. The number of carbonyl (C=O) groups excluding carboxylic acids is 1. The van der Waals surface area contributed by atoms with Crippen LogP contribution < -0.4 is 5.32 Å². The summed E-state index contributed by atoms with van der Waals surface area (Å²) in [6.45, 7) is 0.0455. The van der Waals surface area contributed by atoms with Crippen LogP contribution in [0.3, 0.4) is 0 Å². The molecule has 0 saturated heterocycles. The molecule has 0 aliphatic heterocycles. The van der Waals surface area contributed by atoms with Crippen LogP contribution in [0.2, 0.25) is 0 Å². The van der Waals surface area contributed by atoms with Gasteiger partial charge >= 0.3 is 5.51 Å². The third-order valence-electron chi connectivity index (χ3n) is 1.48. The van der Waals surface area contributed by atoms with Crippen molar-refractivity contribution in [3.8, 4) is 0 Å². The Morgan fingerprint density at radius 1 is 1.33 bits per heavy atom. The lowest BCUT2D eigenvalue weighted by Gasteiger charge is -2.06. The number of nitrogens with one attached hydrogen (secondary N) is 1. The lowest BCUT2D eigenvalue weighted by Crippen LogP contribution is -2.26. The minimum Gasteiger partial charge on any atom is -0.355 e. The molecule has 0 bridgehead atoms. The van der Waals surface area contributed by atoms with E-state index in [0.29, 0.717) is 18.7 Å². The lowest BCUT2D eigenvalue weighted by atomic mass is 10.2. The second-order valence-electron chi connectivity index (χ2n) is 2.79. The van der Waals surface area contributed by atoms with Gasteiger partial charge in [-0.2, -0.15) is 13.2 Å².